The molecule has 2 aromatic carbocycles. The van der Waals surface area contributed by atoms with Gasteiger partial charge in [0, 0.05) is 24.7 Å². The molecule has 1 unspecified atom stereocenters. The van der Waals surface area contributed by atoms with Crippen molar-refractivity contribution in [2.75, 3.05) is 0 Å². The van der Waals surface area contributed by atoms with Crippen molar-refractivity contribution in [3.05, 3.63) is 71.3 Å². The molecule has 0 bridgehead atoms. The number of carbonyl (C=O) groups excluding carboxylic acids is 1. The number of benzene rings is 2. The summed E-state index contributed by atoms with van der Waals surface area (Å²) in [5.41, 5.74) is 8.51. The first-order valence-corrected chi connectivity index (χ1v) is 7.79. The van der Waals surface area contributed by atoms with Crippen LogP contribution < -0.4 is 5.73 Å². The van der Waals surface area contributed by atoms with Crippen molar-refractivity contribution in [1.29, 1.82) is 0 Å². The molecular formula is C19H24N2O. The van der Waals surface area contributed by atoms with E-state index in [-0.39, 0.29) is 11.9 Å². The van der Waals surface area contributed by atoms with E-state index in [0.717, 1.165) is 17.5 Å². The topological polar surface area (TPSA) is 46.3 Å². The second-order valence-electron chi connectivity index (χ2n) is 5.58. The van der Waals surface area contributed by atoms with Gasteiger partial charge in [-0.2, -0.15) is 0 Å². The lowest BCUT2D eigenvalue weighted by Crippen LogP contribution is -2.37. The predicted molar refractivity (Wildman–Crippen MR) is 90.4 cm³/mol. The molecule has 116 valence electrons. The number of nitrogens with two attached hydrogens (primary N) is 1. The van der Waals surface area contributed by atoms with E-state index in [1.807, 2.05) is 47.4 Å². The number of hydrogen-bond donors (Lipinski definition) is 1. The Hall–Kier alpha value is -2.13. The van der Waals surface area contributed by atoms with E-state index < -0.39 is 0 Å². The number of rotatable bonds is 6. The Balaban J connectivity index is 2.22. The van der Waals surface area contributed by atoms with Gasteiger partial charge in [-0.15, -0.1) is 0 Å². The SMILES string of the molecule is CCC(C)N(Cc1ccccc1)C(=O)c1ccc(CN)cc1. The van der Waals surface area contributed by atoms with Gasteiger partial charge in [0.15, 0.2) is 0 Å². The summed E-state index contributed by atoms with van der Waals surface area (Å²) in [6.07, 6.45) is 0.930. The Kier molecular flexibility index (Phi) is 5.73. The van der Waals surface area contributed by atoms with Crippen LogP contribution in [0.25, 0.3) is 0 Å². The molecule has 0 fully saturated rings. The first-order valence-electron chi connectivity index (χ1n) is 7.79. The Labute approximate surface area is 132 Å². The summed E-state index contributed by atoms with van der Waals surface area (Å²) < 4.78 is 0. The number of amides is 1. The number of hydrogen-bond acceptors (Lipinski definition) is 2. The predicted octanol–water partition coefficient (Wildman–Crippen LogP) is 3.59. The van der Waals surface area contributed by atoms with Crippen LogP contribution in [0.15, 0.2) is 54.6 Å². The highest BCUT2D eigenvalue weighted by Gasteiger charge is 2.20. The summed E-state index contributed by atoms with van der Waals surface area (Å²) in [5, 5.41) is 0. The lowest BCUT2D eigenvalue weighted by molar-refractivity contribution is 0.0671. The summed E-state index contributed by atoms with van der Waals surface area (Å²) >= 11 is 0. The van der Waals surface area contributed by atoms with E-state index in [0.29, 0.717) is 18.7 Å². The normalized spacial score (nSPS) is 12.0. The maximum atomic E-state index is 12.8. The summed E-state index contributed by atoms with van der Waals surface area (Å²) in [6, 6.07) is 17.9. The largest absolute Gasteiger partial charge is 0.332 e. The van der Waals surface area contributed by atoms with Crippen LogP contribution in [-0.4, -0.2) is 16.8 Å². The van der Waals surface area contributed by atoms with Gasteiger partial charge in [-0.3, -0.25) is 4.79 Å². The highest BCUT2D eigenvalue weighted by molar-refractivity contribution is 5.94. The van der Waals surface area contributed by atoms with Gasteiger partial charge in [0.25, 0.3) is 5.91 Å². The Morgan fingerprint density at radius 3 is 2.23 bits per heavy atom. The van der Waals surface area contributed by atoms with Gasteiger partial charge in [-0.25, -0.2) is 0 Å². The van der Waals surface area contributed by atoms with Crippen LogP contribution in [0.5, 0.6) is 0 Å². The molecule has 1 amide bonds. The second kappa shape index (κ2) is 7.76. The first kappa shape index (κ1) is 16.2. The van der Waals surface area contributed by atoms with Gasteiger partial charge in [-0.1, -0.05) is 49.4 Å². The lowest BCUT2D eigenvalue weighted by atomic mass is 10.1. The van der Waals surface area contributed by atoms with E-state index >= 15 is 0 Å². The van der Waals surface area contributed by atoms with Crippen LogP contribution in [0.4, 0.5) is 0 Å². The van der Waals surface area contributed by atoms with Gasteiger partial charge < -0.3 is 10.6 Å². The van der Waals surface area contributed by atoms with Crippen LogP contribution in [-0.2, 0) is 13.1 Å². The molecule has 0 aliphatic heterocycles. The van der Waals surface area contributed by atoms with E-state index in [2.05, 4.69) is 26.0 Å². The lowest BCUT2D eigenvalue weighted by Gasteiger charge is -2.29. The summed E-state index contributed by atoms with van der Waals surface area (Å²) in [7, 11) is 0. The van der Waals surface area contributed by atoms with Crippen molar-refractivity contribution in [2.45, 2.75) is 39.4 Å². The van der Waals surface area contributed by atoms with E-state index in [9.17, 15) is 4.79 Å². The van der Waals surface area contributed by atoms with Crippen molar-refractivity contribution in [3.63, 3.8) is 0 Å². The van der Waals surface area contributed by atoms with Crippen LogP contribution >= 0.6 is 0 Å². The van der Waals surface area contributed by atoms with Gasteiger partial charge in [-0.05, 0) is 36.6 Å². The fraction of sp³-hybridized carbons (Fsp3) is 0.316. The zero-order chi connectivity index (χ0) is 15.9. The minimum Gasteiger partial charge on any atom is -0.332 e. The van der Waals surface area contributed by atoms with Gasteiger partial charge in [0.2, 0.25) is 0 Å². The third kappa shape index (κ3) is 3.95. The molecule has 0 aliphatic rings. The van der Waals surface area contributed by atoms with Crippen molar-refractivity contribution in [3.8, 4) is 0 Å². The molecule has 2 rings (SSSR count). The van der Waals surface area contributed by atoms with Crippen LogP contribution in [0.1, 0.15) is 41.8 Å². The average molecular weight is 296 g/mol. The second-order valence-corrected chi connectivity index (χ2v) is 5.58. The molecule has 0 saturated heterocycles. The van der Waals surface area contributed by atoms with Crippen molar-refractivity contribution >= 4 is 5.91 Å². The van der Waals surface area contributed by atoms with Crippen LogP contribution in [0.3, 0.4) is 0 Å². The van der Waals surface area contributed by atoms with E-state index in [4.69, 9.17) is 5.73 Å². The zero-order valence-electron chi connectivity index (χ0n) is 13.3. The molecule has 1 atom stereocenters. The first-order chi connectivity index (χ1) is 10.7. The smallest absolute Gasteiger partial charge is 0.254 e. The minimum atomic E-state index is 0.0711. The molecule has 22 heavy (non-hydrogen) atoms. The Morgan fingerprint density at radius 1 is 1.05 bits per heavy atom. The summed E-state index contributed by atoms with van der Waals surface area (Å²) in [5.74, 6) is 0.0711. The van der Waals surface area contributed by atoms with Gasteiger partial charge in [0.1, 0.15) is 0 Å². The number of carbonyl (C=O) groups is 1. The number of nitrogens with zero attached hydrogens (tertiary/aromatic N) is 1. The highest BCUT2D eigenvalue weighted by atomic mass is 16.2. The maximum absolute atomic E-state index is 12.8. The fourth-order valence-electron chi connectivity index (χ4n) is 2.38. The average Bonchev–Trinajstić information content (AvgIpc) is 2.59. The molecule has 0 saturated carbocycles. The van der Waals surface area contributed by atoms with Gasteiger partial charge in [0.05, 0.1) is 0 Å². The molecule has 2 aromatic rings. The quantitative estimate of drug-likeness (QED) is 0.885. The molecule has 0 aliphatic carbocycles. The van der Waals surface area contributed by atoms with Gasteiger partial charge >= 0.3 is 0 Å². The molecule has 0 aromatic heterocycles. The molecule has 0 radical (unpaired) electrons. The standard InChI is InChI=1S/C19H24N2O/c1-3-15(2)21(14-17-7-5-4-6-8-17)19(22)18-11-9-16(13-20)10-12-18/h4-12,15H,3,13-14,20H2,1-2H3. The summed E-state index contributed by atoms with van der Waals surface area (Å²) in [6.45, 7) is 5.32. The van der Waals surface area contributed by atoms with Crippen molar-refractivity contribution < 1.29 is 4.79 Å². The fourth-order valence-corrected chi connectivity index (χ4v) is 2.38. The molecular weight excluding hydrogens is 272 g/mol. The van der Waals surface area contributed by atoms with Crippen molar-refractivity contribution in [2.24, 2.45) is 5.73 Å². The zero-order valence-corrected chi connectivity index (χ0v) is 13.3. The Bertz CT molecular complexity index is 593. The molecule has 0 heterocycles. The molecule has 3 heteroatoms. The third-order valence-electron chi connectivity index (χ3n) is 4.02. The Morgan fingerprint density at radius 2 is 1.68 bits per heavy atom. The summed E-state index contributed by atoms with van der Waals surface area (Å²) in [4.78, 5) is 14.8. The highest BCUT2D eigenvalue weighted by Crippen LogP contribution is 2.16. The van der Waals surface area contributed by atoms with Crippen LogP contribution in [0, 0.1) is 0 Å². The van der Waals surface area contributed by atoms with E-state index in [1.165, 1.54) is 0 Å². The molecule has 2 N–H and O–H groups in total. The monoisotopic (exact) mass is 296 g/mol. The third-order valence-corrected chi connectivity index (χ3v) is 4.02. The minimum absolute atomic E-state index is 0.0711. The molecule has 3 nitrogen and oxygen atoms in total. The van der Waals surface area contributed by atoms with Crippen LogP contribution in [0.2, 0.25) is 0 Å². The van der Waals surface area contributed by atoms with Crippen molar-refractivity contribution in [1.82, 2.24) is 4.90 Å². The maximum Gasteiger partial charge on any atom is 0.254 e. The molecule has 0 spiro atoms. The van der Waals surface area contributed by atoms with E-state index in [1.54, 1.807) is 0 Å².